The first-order valence-electron chi connectivity index (χ1n) is 3.56. The van der Waals surface area contributed by atoms with E-state index in [-0.39, 0.29) is 5.03 Å². The molecule has 0 aromatic heterocycles. The summed E-state index contributed by atoms with van der Waals surface area (Å²) < 4.78 is 0.811. The smallest absolute Gasteiger partial charge is 0.329 e. The maximum absolute atomic E-state index is 10.3. The first kappa shape index (κ1) is 11.6. The Morgan fingerprint density at radius 1 is 1.50 bits per heavy atom. The van der Waals surface area contributed by atoms with Crippen molar-refractivity contribution < 1.29 is 9.90 Å². The average molecular weight is 296 g/mol. The molecule has 5 heteroatoms. The quantitative estimate of drug-likeness (QED) is 0.844. The second kappa shape index (κ2) is 4.82. The van der Waals surface area contributed by atoms with Gasteiger partial charge >= 0.3 is 5.97 Å². The summed E-state index contributed by atoms with van der Waals surface area (Å²) in [5.74, 6) is -1.10. The Balaban J connectivity index is 3.14. The number of benzene rings is 1. The third-order valence-electron chi connectivity index (χ3n) is 1.44. The molecule has 0 unspecified atom stereocenters. The fraction of sp³-hybridized carbons (Fsp3) is 0. The van der Waals surface area contributed by atoms with E-state index in [1.54, 1.807) is 18.2 Å². The summed E-state index contributed by atoms with van der Waals surface area (Å²) in [5, 5.41) is 8.99. The van der Waals surface area contributed by atoms with Gasteiger partial charge in [-0.25, -0.2) is 4.79 Å². The highest BCUT2D eigenvalue weighted by Crippen LogP contribution is 2.29. The molecule has 0 aliphatic carbocycles. The summed E-state index contributed by atoms with van der Waals surface area (Å²) in [4.78, 5) is 10.3. The first-order chi connectivity index (χ1) is 6.50. The Labute approximate surface area is 99.3 Å². The van der Waals surface area contributed by atoms with E-state index >= 15 is 0 Å². The van der Waals surface area contributed by atoms with Crippen LogP contribution in [0, 0.1) is 0 Å². The number of halogens is 3. The van der Waals surface area contributed by atoms with E-state index < -0.39 is 5.97 Å². The monoisotopic (exact) mass is 294 g/mol. The molecule has 0 atom stereocenters. The second-order valence-electron chi connectivity index (χ2n) is 2.45. The van der Waals surface area contributed by atoms with E-state index in [9.17, 15) is 4.79 Å². The van der Waals surface area contributed by atoms with Gasteiger partial charge in [0.1, 0.15) is 0 Å². The highest BCUT2D eigenvalue weighted by atomic mass is 79.9. The molecule has 1 N–H and O–H groups in total. The van der Waals surface area contributed by atoms with E-state index in [1.807, 2.05) is 0 Å². The second-order valence-corrected chi connectivity index (χ2v) is 4.18. The molecule has 0 aliphatic heterocycles. The van der Waals surface area contributed by atoms with Gasteiger partial charge in [-0.2, -0.15) is 0 Å². The third-order valence-corrected chi connectivity index (χ3v) is 2.56. The van der Waals surface area contributed by atoms with Gasteiger partial charge in [-0.3, -0.25) is 0 Å². The zero-order chi connectivity index (χ0) is 10.7. The number of carboxylic acid groups (broad SMARTS) is 1. The normalized spacial score (nSPS) is 11.5. The largest absolute Gasteiger partial charge is 0.478 e. The molecule has 1 aromatic rings. The Morgan fingerprint density at radius 2 is 2.14 bits per heavy atom. The van der Waals surface area contributed by atoms with Crippen LogP contribution in [-0.4, -0.2) is 11.1 Å². The summed E-state index contributed by atoms with van der Waals surface area (Å²) in [5.41, 5.74) is 0.499. The highest BCUT2D eigenvalue weighted by molar-refractivity contribution is 9.10. The molecule has 0 saturated carbocycles. The third kappa shape index (κ3) is 3.01. The van der Waals surface area contributed by atoms with Gasteiger partial charge in [0.2, 0.25) is 0 Å². The number of carboxylic acids is 1. The summed E-state index contributed by atoms with van der Waals surface area (Å²) in [6.07, 6.45) is 0.899. The Hall–Kier alpha value is -0.510. The minimum absolute atomic E-state index is 0.106. The van der Waals surface area contributed by atoms with Crippen LogP contribution < -0.4 is 0 Å². The highest BCUT2D eigenvalue weighted by Gasteiger charge is 2.06. The SMILES string of the molecule is O=C(O)/C=C(/Cl)c1ccc(Br)cc1Cl. The van der Waals surface area contributed by atoms with Crippen molar-refractivity contribution in [2.45, 2.75) is 0 Å². The van der Waals surface area contributed by atoms with E-state index in [2.05, 4.69) is 15.9 Å². The maximum atomic E-state index is 10.3. The van der Waals surface area contributed by atoms with Crippen molar-refractivity contribution in [2.24, 2.45) is 0 Å². The van der Waals surface area contributed by atoms with Crippen molar-refractivity contribution in [3.8, 4) is 0 Å². The van der Waals surface area contributed by atoms with Crippen molar-refractivity contribution in [1.82, 2.24) is 0 Å². The number of aliphatic carboxylic acids is 1. The van der Waals surface area contributed by atoms with Crippen LogP contribution in [0.3, 0.4) is 0 Å². The molecule has 14 heavy (non-hydrogen) atoms. The van der Waals surface area contributed by atoms with Crippen molar-refractivity contribution in [3.63, 3.8) is 0 Å². The first-order valence-corrected chi connectivity index (χ1v) is 5.11. The lowest BCUT2D eigenvalue weighted by atomic mass is 10.2. The van der Waals surface area contributed by atoms with Crippen molar-refractivity contribution >= 4 is 50.1 Å². The van der Waals surface area contributed by atoms with Gasteiger partial charge < -0.3 is 5.11 Å². The van der Waals surface area contributed by atoms with Crippen LogP contribution in [0.1, 0.15) is 5.56 Å². The lowest BCUT2D eigenvalue weighted by Gasteiger charge is -2.02. The molecule has 0 saturated heterocycles. The molecule has 0 amide bonds. The minimum atomic E-state index is -1.10. The van der Waals surface area contributed by atoms with Crippen molar-refractivity contribution in [2.75, 3.05) is 0 Å². The van der Waals surface area contributed by atoms with Crippen molar-refractivity contribution in [3.05, 3.63) is 39.3 Å². The number of carbonyl (C=O) groups is 1. The molecule has 2 nitrogen and oxygen atoms in total. The van der Waals surface area contributed by atoms with Crippen molar-refractivity contribution in [1.29, 1.82) is 0 Å². The van der Waals surface area contributed by atoms with Crippen LogP contribution in [0.25, 0.3) is 5.03 Å². The van der Waals surface area contributed by atoms with Gasteiger partial charge in [-0.15, -0.1) is 0 Å². The summed E-state index contributed by atoms with van der Waals surface area (Å²) in [6, 6.07) is 5.03. The maximum Gasteiger partial charge on any atom is 0.329 e. The van der Waals surface area contributed by atoms with Crippen LogP contribution in [0.15, 0.2) is 28.7 Å². The molecule has 0 heterocycles. The molecule has 0 radical (unpaired) electrons. The number of rotatable bonds is 2. The molecular formula is C9H5BrCl2O2. The van der Waals surface area contributed by atoms with Gasteiger partial charge in [0.05, 0.1) is 10.1 Å². The van der Waals surface area contributed by atoms with Crippen LogP contribution in [0.2, 0.25) is 5.02 Å². The molecule has 0 bridgehead atoms. The minimum Gasteiger partial charge on any atom is -0.478 e. The molecular weight excluding hydrogens is 291 g/mol. The van der Waals surface area contributed by atoms with Gasteiger partial charge in [0.15, 0.2) is 0 Å². The number of hydrogen-bond acceptors (Lipinski definition) is 1. The Bertz CT molecular complexity index is 402. The lowest BCUT2D eigenvalue weighted by molar-refractivity contribution is -0.131. The molecule has 0 fully saturated rings. The Kier molecular flexibility index (Phi) is 3.98. The predicted octanol–water partition coefficient (Wildman–Crippen LogP) is 3.77. The molecule has 0 aliphatic rings. The summed E-state index contributed by atoms with van der Waals surface area (Å²) in [6.45, 7) is 0. The zero-order valence-electron chi connectivity index (χ0n) is 6.80. The van der Waals surface area contributed by atoms with Crippen LogP contribution in [0.5, 0.6) is 0 Å². The molecule has 1 aromatic carbocycles. The summed E-state index contributed by atoms with van der Waals surface area (Å²) in [7, 11) is 0. The topological polar surface area (TPSA) is 37.3 Å². The standard InChI is InChI=1S/C9H5BrCl2O2/c10-5-1-2-6(7(11)3-5)8(12)4-9(13)14/h1-4H,(H,13,14)/b8-4+. The van der Waals surface area contributed by atoms with Gasteiger partial charge in [-0.05, 0) is 12.1 Å². The fourth-order valence-corrected chi connectivity index (χ4v) is 1.95. The zero-order valence-corrected chi connectivity index (χ0v) is 9.90. The average Bonchev–Trinajstić information content (AvgIpc) is 2.01. The predicted molar refractivity (Wildman–Crippen MR) is 60.6 cm³/mol. The van der Waals surface area contributed by atoms with E-state index in [0.29, 0.717) is 10.6 Å². The summed E-state index contributed by atoms with van der Waals surface area (Å²) >= 11 is 14.8. The van der Waals surface area contributed by atoms with E-state index in [0.717, 1.165) is 10.5 Å². The van der Waals surface area contributed by atoms with Crippen LogP contribution in [-0.2, 0) is 4.79 Å². The van der Waals surface area contributed by atoms with E-state index in [4.69, 9.17) is 28.3 Å². The van der Waals surface area contributed by atoms with Crippen LogP contribution in [0.4, 0.5) is 0 Å². The lowest BCUT2D eigenvalue weighted by Crippen LogP contribution is -1.89. The van der Waals surface area contributed by atoms with Gasteiger partial charge in [0.25, 0.3) is 0 Å². The van der Waals surface area contributed by atoms with Gasteiger partial charge in [0, 0.05) is 16.1 Å². The number of hydrogen-bond donors (Lipinski definition) is 1. The molecule has 1 rings (SSSR count). The van der Waals surface area contributed by atoms with Gasteiger partial charge in [-0.1, -0.05) is 45.2 Å². The molecule has 0 spiro atoms. The van der Waals surface area contributed by atoms with E-state index in [1.165, 1.54) is 0 Å². The van der Waals surface area contributed by atoms with Crippen LogP contribution >= 0.6 is 39.1 Å². The Morgan fingerprint density at radius 3 is 2.64 bits per heavy atom. The fourth-order valence-electron chi connectivity index (χ4n) is 0.869. The molecule has 74 valence electrons.